The van der Waals surface area contributed by atoms with Crippen molar-refractivity contribution in [3.05, 3.63) is 34.9 Å². The highest BCUT2D eigenvalue weighted by Gasteiger charge is 2.09. The first-order valence-electron chi connectivity index (χ1n) is 4.11. The van der Waals surface area contributed by atoms with Crippen LogP contribution in [0.15, 0.2) is 18.2 Å². The van der Waals surface area contributed by atoms with Crippen LogP contribution in [-0.2, 0) is 0 Å². The van der Waals surface area contributed by atoms with E-state index in [1.807, 2.05) is 19.1 Å². The first kappa shape index (κ1) is 9.89. The number of hydrogen-bond acceptors (Lipinski definition) is 3. The number of aryl methyl sites for hydroxylation is 1. The van der Waals surface area contributed by atoms with E-state index in [2.05, 4.69) is 0 Å². The summed E-state index contributed by atoms with van der Waals surface area (Å²) in [6.45, 7) is 1.77. The van der Waals surface area contributed by atoms with Crippen molar-refractivity contribution >= 4 is 6.29 Å². The molecule has 1 unspecified atom stereocenters. The highest BCUT2D eigenvalue weighted by molar-refractivity contribution is 5.77. The number of aliphatic hydroxyl groups is 1. The summed E-state index contributed by atoms with van der Waals surface area (Å²) >= 11 is 0. The van der Waals surface area contributed by atoms with E-state index in [1.54, 1.807) is 6.07 Å². The van der Waals surface area contributed by atoms with Crippen molar-refractivity contribution in [1.29, 1.82) is 0 Å². The molecule has 0 radical (unpaired) electrons. The molecule has 1 aromatic carbocycles. The quantitative estimate of drug-likeness (QED) is 0.674. The Morgan fingerprint density at radius 2 is 2.31 bits per heavy atom. The summed E-state index contributed by atoms with van der Waals surface area (Å²) < 4.78 is 0. The molecule has 70 valence electrons. The number of carbonyl (C=O) groups is 1. The average Bonchev–Trinajstić information content (AvgIpc) is 2.16. The van der Waals surface area contributed by atoms with Crippen LogP contribution >= 0.6 is 0 Å². The predicted molar refractivity (Wildman–Crippen MR) is 50.6 cm³/mol. The molecule has 0 saturated carbocycles. The molecule has 3 heteroatoms. The van der Waals surface area contributed by atoms with E-state index in [1.165, 1.54) is 0 Å². The Hall–Kier alpha value is -1.19. The molecular formula is C10H13NO2. The van der Waals surface area contributed by atoms with Crippen LogP contribution in [0.3, 0.4) is 0 Å². The fraction of sp³-hybridized carbons (Fsp3) is 0.300. The van der Waals surface area contributed by atoms with Crippen LogP contribution in [0.25, 0.3) is 0 Å². The lowest BCUT2D eigenvalue weighted by molar-refractivity contribution is 0.112. The number of benzene rings is 1. The minimum absolute atomic E-state index is 0.149. The summed E-state index contributed by atoms with van der Waals surface area (Å²) in [6, 6.07) is 4.91. The van der Waals surface area contributed by atoms with Crippen LogP contribution in [-0.4, -0.2) is 18.0 Å². The van der Waals surface area contributed by atoms with Crippen LogP contribution in [0.2, 0.25) is 0 Å². The zero-order chi connectivity index (χ0) is 9.84. The number of carbonyl (C=O) groups excluding carboxylic acids is 1. The summed E-state index contributed by atoms with van der Waals surface area (Å²) in [6.07, 6.45) is 0.754. The van der Waals surface area contributed by atoms with E-state index in [9.17, 15) is 4.79 Å². The van der Waals surface area contributed by atoms with Gasteiger partial charge in [0.1, 0.15) is 6.29 Å². The Morgan fingerprint density at radius 1 is 1.62 bits per heavy atom. The standard InChI is InChI=1S/C10H13NO2/c1-7-2-3-8(5-12)9(4-7)10(11)6-13/h2-5,10,13H,6,11H2,1H3. The Labute approximate surface area is 77.2 Å². The van der Waals surface area contributed by atoms with Gasteiger partial charge in [0.2, 0.25) is 0 Å². The van der Waals surface area contributed by atoms with Crippen LogP contribution in [0, 0.1) is 6.92 Å². The lowest BCUT2D eigenvalue weighted by atomic mass is 10.00. The molecule has 0 aromatic heterocycles. The van der Waals surface area contributed by atoms with Crippen molar-refractivity contribution in [3.8, 4) is 0 Å². The summed E-state index contributed by atoms with van der Waals surface area (Å²) in [5.41, 5.74) is 7.92. The molecule has 0 saturated heterocycles. The number of rotatable bonds is 3. The van der Waals surface area contributed by atoms with Gasteiger partial charge >= 0.3 is 0 Å². The lowest BCUT2D eigenvalue weighted by Gasteiger charge is -2.11. The van der Waals surface area contributed by atoms with Gasteiger partial charge in [0.15, 0.2) is 0 Å². The second kappa shape index (κ2) is 4.16. The van der Waals surface area contributed by atoms with E-state index >= 15 is 0 Å². The first-order chi connectivity index (χ1) is 6.19. The van der Waals surface area contributed by atoms with E-state index in [-0.39, 0.29) is 6.61 Å². The second-order valence-corrected chi connectivity index (χ2v) is 3.04. The molecule has 1 rings (SSSR count). The Morgan fingerprint density at radius 3 is 2.85 bits per heavy atom. The average molecular weight is 179 g/mol. The molecule has 0 spiro atoms. The third kappa shape index (κ3) is 2.14. The number of aliphatic hydroxyl groups excluding tert-OH is 1. The number of hydrogen-bond donors (Lipinski definition) is 2. The molecular weight excluding hydrogens is 166 g/mol. The molecule has 0 heterocycles. The highest BCUT2D eigenvalue weighted by Crippen LogP contribution is 2.16. The van der Waals surface area contributed by atoms with Crippen molar-refractivity contribution in [2.45, 2.75) is 13.0 Å². The van der Waals surface area contributed by atoms with Crippen LogP contribution in [0.1, 0.15) is 27.5 Å². The third-order valence-electron chi connectivity index (χ3n) is 1.97. The molecule has 0 aliphatic rings. The molecule has 0 amide bonds. The monoisotopic (exact) mass is 179 g/mol. The normalized spacial score (nSPS) is 12.5. The van der Waals surface area contributed by atoms with E-state index in [0.29, 0.717) is 11.1 Å². The summed E-state index contributed by atoms with van der Waals surface area (Å²) in [7, 11) is 0. The molecule has 0 fully saturated rings. The molecule has 0 bridgehead atoms. The van der Waals surface area contributed by atoms with Gasteiger partial charge in [-0.15, -0.1) is 0 Å². The largest absolute Gasteiger partial charge is 0.394 e. The fourth-order valence-corrected chi connectivity index (χ4v) is 1.22. The predicted octanol–water partition coefficient (Wildman–Crippen LogP) is 0.800. The minimum Gasteiger partial charge on any atom is -0.394 e. The summed E-state index contributed by atoms with van der Waals surface area (Å²) in [5, 5.41) is 8.86. The maximum absolute atomic E-state index is 10.6. The number of nitrogens with two attached hydrogens (primary N) is 1. The topological polar surface area (TPSA) is 63.3 Å². The van der Waals surface area contributed by atoms with E-state index < -0.39 is 6.04 Å². The van der Waals surface area contributed by atoms with Crippen molar-refractivity contribution in [2.24, 2.45) is 5.73 Å². The lowest BCUT2D eigenvalue weighted by Crippen LogP contribution is -2.16. The maximum atomic E-state index is 10.6. The summed E-state index contributed by atoms with van der Waals surface area (Å²) in [4.78, 5) is 10.6. The van der Waals surface area contributed by atoms with Gasteiger partial charge in [-0.25, -0.2) is 0 Å². The van der Waals surface area contributed by atoms with E-state index in [4.69, 9.17) is 10.8 Å². The SMILES string of the molecule is Cc1ccc(C=O)c(C(N)CO)c1. The van der Waals surface area contributed by atoms with Gasteiger partial charge in [-0.1, -0.05) is 23.8 Å². The van der Waals surface area contributed by atoms with Crippen molar-refractivity contribution in [1.82, 2.24) is 0 Å². The number of aldehydes is 1. The van der Waals surface area contributed by atoms with Gasteiger partial charge in [-0.3, -0.25) is 4.79 Å². The highest BCUT2D eigenvalue weighted by atomic mass is 16.3. The molecule has 3 nitrogen and oxygen atoms in total. The van der Waals surface area contributed by atoms with Crippen molar-refractivity contribution < 1.29 is 9.90 Å². The molecule has 0 aliphatic heterocycles. The van der Waals surface area contributed by atoms with Crippen LogP contribution in [0.5, 0.6) is 0 Å². The van der Waals surface area contributed by atoms with Gasteiger partial charge < -0.3 is 10.8 Å². The van der Waals surface area contributed by atoms with Crippen LogP contribution in [0.4, 0.5) is 0 Å². The van der Waals surface area contributed by atoms with Gasteiger partial charge in [0, 0.05) is 5.56 Å². The Balaban J connectivity index is 3.15. The molecule has 0 aliphatic carbocycles. The van der Waals surface area contributed by atoms with E-state index in [0.717, 1.165) is 11.8 Å². The molecule has 1 aromatic rings. The zero-order valence-electron chi connectivity index (χ0n) is 7.53. The Bertz CT molecular complexity index is 310. The maximum Gasteiger partial charge on any atom is 0.150 e. The van der Waals surface area contributed by atoms with Gasteiger partial charge in [-0.2, -0.15) is 0 Å². The first-order valence-corrected chi connectivity index (χ1v) is 4.11. The van der Waals surface area contributed by atoms with Gasteiger partial charge in [-0.05, 0) is 12.5 Å². The van der Waals surface area contributed by atoms with Crippen molar-refractivity contribution in [2.75, 3.05) is 6.61 Å². The van der Waals surface area contributed by atoms with Crippen LogP contribution < -0.4 is 5.73 Å². The zero-order valence-corrected chi connectivity index (χ0v) is 7.53. The fourth-order valence-electron chi connectivity index (χ4n) is 1.22. The second-order valence-electron chi connectivity index (χ2n) is 3.04. The molecule has 1 atom stereocenters. The molecule has 3 N–H and O–H groups in total. The smallest absolute Gasteiger partial charge is 0.150 e. The third-order valence-corrected chi connectivity index (χ3v) is 1.97. The minimum atomic E-state index is -0.472. The van der Waals surface area contributed by atoms with Gasteiger partial charge in [0.05, 0.1) is 12.6 Å². The summed E-state index contributed by atoms with van der Waals surface area (Å²) in [5.74, 6) is 0. The van der Waals surface area contributed by atoms with Crippen molar-refractivity contribution in [3.63, 3.8) is 0 Å². The molecule has 13 heavy (non-hydrogen) atoms. The Kier molecular flexibility index (Phi) is 3.17. The van der Waals surface area contributed by atoms with Gasteiger partial charge in [0.25, 0.3) is 0 Å².